The minimum atomic E-state index is -0.747. The lowest BCUT2D eigenvalue weighted by Crippen LogP contribution is -2.53. The summed E-state index contributed by atoms with van der Waals surface area (Å²) in [7, 11) is 0. The smallest absolute Gasteiger partial charge is 0.313 e. The Labute approximate surface area is 135 Å². The van der Waals surface area contributed by atoms with Crippen LogP contribution in [0.1, 0.15) is 33.3 Å². The Balaban J connectivity index is 2.02. The summed E-state index contributed by atoms with van der Waals surface area (Å²) in [6.45, 7) is 7.35. The Bertz CT molecular complexity index is 752. The van der Waals surface area contributed by atoms with Crippen LogP contribution in [0.5, 0.6) is 0 Å². The third-order valence-electron chi connectivity index (χ3n) is 4.96. The Morgan fingerprint density at radius 2 is 1.48 bits per heavy atom. The molecular formula is C17H20N4O2. The predicted molar refractivity (Wildman–Crippen MR) is 87.0 cm³/mol. The first-order chi connectivity index (χ1) is 10.8. The molecule has 120 valence electrons. The van der Waals surface area contributed by atoms with Gasteiger partial charge in [-0.15, -0.1) is 5.06 Å². The molecule has 1 aromatic heterocycles. The van der Waals surface area contributed by atoms with Crippen LogP contribution in [0, 0.1) is 5.21 Å². The zero-order valence-electron chi connectivity index (χ0n) is 13.7. The van der Waals surface area contributed by atoms with Gasteiger partial charge in [-0.05, 0) is 45.4 Å². The van der Waals surface area contributed by atoms with E-state index in [-0.39, 0.29) is 5.84 Å². The highest BCUT2D eigenvalue weighted by Crippen LogP contribution is 2.37. The van der Waals surface area contributed by atoms with Gasteiger partial charge < -0.3 is 5.21 Å². The predicted octanol–water partition coefficient (Wildman–Crippen LogP) is 2.66. The summed E-state index contributed by atoms with van der Waals surface area (Å²) >= 11 is 0. The van der Waals surface area contributed by atoms with Gasteiger partial charge in [-0.2, -0.15) is 0 Å². The summed E-state index contributed by atoms with van der Waals surface area (Å²) in [5.74, 6) is 0.260. The third kappa shape index (κ3) is 2.17. The van der Waals surface area contributed by atoms with Gasteiger partial charge in [-0.3, -0.25) is 4.74 Å². The molecule has 3 rings (SSSR count). The molecule has 0 radical (unpaired) electrons. The van der Waals surface area contributed by atoms with E-state index in [0.717, 1.165) is 20.9 Å². The molecular weight excluding hydrogens is 292 g/mol. The Morgan fingerprint density at radius 1 is 0.957 bits per heavy atom. The van der Waals surface area contributed by atoms with Gasteiger partial charge in [0.05, 0.1) is 5.56 Å². The number of hydrogen-bond acceptors (Lipinski definition) is 5. The number of rotatable bonds is 2. The standard InChI is InChI=1S/C17H20N4O2/c1-16(2)17(3,4)21(23)15(20(16)22)13-7-5-12(6-8-13)14-9-18-11-19-10-14/h5-11,22H,1-4H3. The van der Waals surface area contributed by atoms with E-state index < -0.39 is 11.1 Å². The van der Waals surface area contributed by atoms with Crippen LogP contribution in [-0.2, 0) is 0 Å². The molecule has 0 aliphatic carbocycles. The fourth-order valence-corrected chi connectivity index (χ4v) is 2.62. The van der Waals surface area contributed by atoms with E-state index in [0.29, 0.717) is 5.56 Å². The molecule has 0 amide bonds. The zero-order valence-corrected chi connectivity index (χ0v) is 13.7. The van der Waals surface area contributed by atoms with Crippen molar-refractivity contribution in [3.05, 3.63) is 53.8 Å². The first-order valence-corrected chi connectivity index (χ1v) is 7.46. The number of hydrogen-bond donors (Lipinski definition) is 1. The minimum absolute atomic E-state index is 0.260. The lowest BCUT2D eigenvalue weighted by Gasteiger charge is -2.33. The topological polar surface area (TPSA) is 75.3 Å². The maximum absolute atomic E-state index is 12.7. The van der Waals surface area contributed by atoms with Gasteiger partial charge in [0.2, 0.25) is 0 Å². The largest absolute Gasteiger partial charge is 0.714 e. The maximum atomic E-state index is 12.7. The van der Waals surface area contributed by atoms with Crippen molar-refractivity contribution < 1.29 is 9.95 Å². The van der Waals surface area contributed by atoms with Crippen LogP contribution in [0.15, 0.2) is 43.0 Å². The van der Waals surface area contributed by atoms with Gasteiger partial charge in [0.15, 0.2) is 5.54 Å². The van der Waals surface area contributed by atoms with Gasteiger partial charge in [0.1, 0.15) is 11.9 Å². The summed E-state index contributed by atoms with van der Waals surface area (Å²) in [4.78, 5) is 8.00. The quantitative estimate of drug-likeness (QED) is 0.681. The molecule has 1 aromatic carbocycles. The van der Waals surface area contributed by atoms with Crippen molar-refractivity contribution in [2.75, 3.05) is 0 Å². The highest BCUT2D eigenvalue weighted by molar-refractivity contribution is 5.96. The van der Waals surface area contributed by atoms with Crippen LogP contribution in [0.25, 0.3) is 11.1 Å². The highest BCUT2D eigenvalue weighted by Gasteiger charge is 2.58. The van der Waals surface area contributed by atoms with Gasteiger partial charge >= 0.3 is 5.84 Å². The molecule has 0 saturated heterocycles. The molecule has 2 aromatic rings. The van der Waals surface area contributed by atoms with Crippen LogP contribution in [0.2, 0.25) is 0 Å². The average molecular weight is 312 g/mol. The normalized spacial score (nSPS) is 19.3. The second kappa shape index (κ2) is 5.03. The number of hydroxylamine groups is 3. The monoisotopic (exact) mass is 312 g/mol. The van der Waals surface area contributed by atoms with Gasteiger partial charge in [0.25, 0.3) is 0 Å². The van der Waals surface area contributed by atoms with E-state index in [2.05, 4.69) is 9.97 Å². The van der Waals surface area contributed by atoms with E-state index in [4.69, 9.17) is 0 Å². The number of aromatic nitrogens is 2. The number of amidine groups is 1. The molecule has 23 heavy (non-hydrogen) atoms. The van der Waals surface area contributed by atoms with Crippen LogP contribution in [0.3, 0.4) is 0 Å². The molecule has 0 unspecified atom stereocenters. The van der Waals surface area contributed by atoms with Crippen molar-refractivity contribution in [3.63, 3.8) is 0 Å². The molecule has 6 heteroatoms. The first kappa shape index (κ1) is 15.4. The SMILES string of the molecule is CC1(C)N(O)C(c2ccc(-c3cncnc3)cc2)=[N+]([O-])C1(C)C. The summed E-state index contributed by atoms with van der Waals surface area (Å²) in [5, 5.41) is 24.2. The summed E-state index contributed by atoms with van der Waals surface area (Å²) in [6, 6.07) is 7.43. The van der Waals surface area contributed by atoms with Gasteiger partial charge in [-0.25, -0.2) is 15.2 Å². The molecule has 0 spiro atoms. The molecule has 0 saturated carbocycles. The Hall–Kier alpha value is -2.47. The van der Waals surface area contributed by atoms with Crippen molar-refractivity contribution in [2.24, 2.45) is 0 Å². The van der Waals surface area contributed by atoms with E-state index in [1.807, 2.05) is 52.0 Å². The van der Waals surface area contributed by atoms with E-state index in [1.165, 1.54) is 6.33 Å². The maximum Gasteiger partial charge on any atom is 0.313 e. The fourth-order valence-electron chi connectivity index (χ4n) is 2.62. The highest BCUT2D eigenvalue weighted by atomic mass is 16.5. The summed E-state index contributed by atoms with van der Waals surface area (Å²) in [5.41, 5.74) is 1.07. The van der Waals surface area contributed by atoms with Crippen LogP contribution in [-0.4, -0.2) is 41.9 Å². The number of benzene rings is 1. The molecule has 6 nitrogen and oxygen atoms in total. The van der Waals surface area contributed by atoms with Crippen LogP contribution >= 0.6 is 0 Å². The van der Waals surface area contributed by atoms with E-state index >= 15 is 0 Å². The molecule has 2 heterocycles. The fraction of sp³-hybridized carbons (Fsp3) is 0.353. The van der Waals surface area contributed by atoms with E-state index in [1.54, 1.807) is 12.4 Å². The van der Waals surface area contributed by atoms with Gasteiger partial charge in [0, 0.05) is 18.0 Å². The van der Waals surface area contributed by atoms with Crippen molar-refractivity contribution in [1.29, 1.82) is 0 Å². The molecule has 1 aliphatic heterocycles. The minimum Gasteiger partial charge on any atom is -0.714 e. The Kier molecular flexibility index (Phi) is 3.37. The lowest BCUT2D eigenvalue weighted by molar-refractivity contribution is -0.539. The summed E-state index contributed by atoms with van der Waals surface area (Å²) < 4.78 is 0.883. The second-order valence-electron chi connectivity index (χ2n) is 6.75. The average Bonchev–Trinajstić information content (AvgIpc) is 2.66. The molecule has 1 N–H and O–H groups in total. The zero-order chi connectivity index (χ0) is 16.8. The number of nitrogens with zero attached hydrogens (tertiary/aromatic N) is 4. The van der Waals surface area contributed by atoms with E-state index in [9.17, 15) is 10.4 Å². The first-order valence-electron chi connectivity index (χ1n) is 7.46. The van der Waals surface area contributed by atoms with Crippen molar-refractivity contribution in [1.82, 2.24) is 15.0 Å². The summed E-state index contributed by atoms with van der Waals surface area (Å²) in [6.07, 6.45) is 4.94. The van der Waals surface area contributed by atoms with Crippen LogP contribution < -0.4 is 0 Å². The molecule has 1 aliphatic rings. The van der Waals surface area contributed by atoms with Crippen molar-refractivity contribution >= 4 is 5.84 Å². The Morgan fingerprint density at radius 3 is 1.96 bits per heavy atom. The lowest BCUT2D eigenvalue weighted by atomic mass is 9.84. The van der Waals surface area contributed by atoms with Crippen molar-refractivity contribution in [2.45, 2.75) is 38.8 Å². The molecule has 0 fully saturated rings. The van der Waals surface area contributed by atoms with Crippen molar-refractivity contribution in [3.8, 4) is 11.1 Å². The van der Waals surface area contributed by atoms with Crippen LogP contribution in [0.4, 0.5) is 0 Å². The molecule has 0 atom stereocenters. The van der Waals surface area contributed by atoms with Gasteiger partial charge in [-0.1, -0.05) is 12.1 Å². The second-order valence-corrected chi connectivity index (χ2v) is 6.75. The third-order valence-corrected chi connectivity index (χ3v) is 4.96. The molecule has 0 bridgehead atoms.